The second-order valence-corrected chi connectivity index (χ2v) is 6.17. The van der Waals surface area contributed by atoms with Gasteiger partial charge in [-0.3, -0.25) is 19.3 Å². The largest absolute Gasteiger partial charge is 0.355 e. The van der Waals surface area contributed by atoms with E-state index in [9.17, 15) is 19.2 Å². The number of nitrogens with one attached hydrogen (secondary N) is 3. The molecular weight excluding hydrogens is 300 g/mol. The highest BCUT2D eigenvalue weighted by atomic mass is 16.2. The summed E-state index contributed by atoms with van der Waals surface area (Å²) in [5, 5.41) is 7.75. The molecule has 3 N–H and O–H groups in total. The number of rotatable bonds is 5. The first-order chi connectivity index (χ1) is 10.9. The average Bonchev–Trinajstić information content (AvgIpc) is 2.74. The maximum absolute atomic E-state index is 12.7. The van der Waals surface area contributed by atoms with Crippen LogP contribution in [0, 0.1) is 5.92 Å². The third-order valence-electron chi connectivity index (χ3n) is 4.62. The molecule has 2 rings (SSSR count). The summed E-state index contributed by atoms with van der Waals surface area (Å²) in [6, 6.07) is -0.531. The van der Waals surface area contributed by atoms with Crippen molar-refractivity contribution in [3.8, 4) is 0 Å². The van der Waals surface area contributed by atoms with E-state index in [1.165, 1.54) is 0 Å². The first-order valence-corrected chi connectivity index (χ1v) is 8.08. The molecule has 1 saturated heterocycles. The topological polar surface area (TPSA) is 108 Å². The number of hydrogen-bond donors (Lipinski definition) is 3. The van der Waals surface area contributed by atoms with Crippen LogP contribution < -0.4 is 16.0 Å². The van der Waals surface area contributed by atoms with Crippen molar-refractivity contribution >= 4 is 23.8 Å². The molecule has 2 atom stereocenters. The van der Waals surface area contributed by atoms with E-state index >= 15 is 0 Å². The number of imide groups is 1. The molecule has 8 nitrogen and oxygen atoms in total. The van der Waals surface area contributed by atoms with Crippen molar-refractivity contribution in [3.63, 3.8) is 0 Å². The minimum atomic E-state index is -0.866. The summed E-state index contributed by atoms with van der Waals surface area (Å²) >= 11 is 0. The number of urea groups is 1. The third-order valence-corrected chi connectivity index (χ3v) is 4.62. The lowest BCUT2D eigenvalue weighted by Gasteiger charge is -2.36. The van der Waals surface area contributed by atoms with Gasteiger partial charge in [0, 0.05) is 6.54 Å². The van der Waals surface area contributed by atoms with Crippen LogP contribution in [0.25, 0.3) is 0 Å². The summed E-state index contributed by atoms with van der Waals surface area (Å²) < 4.78 is 0. The lowest BCUT2D eigenvalue weighted by atomic mass is 9.73. The van der Waals surface area contributed by atoms with Crippen LogP contribution in [-0.4, -0.2) is 53.8 Å². The molecular formula is C15H24N4O4. The van der Waals surface area contributed by atoms with E-state index in [2.05, 4.69) is 16.0 Å². The fourth-order valence-corrected chi connectivity index (χ4v) is 3.28. The maximum atomic E-state index is 12.7. The molecule has 0 unspecified atom stereocenters. The van der Waals surface area contributed by atoms with Crippen molar-refractivity contribution in [3.05, 3.63) is 0 Å². The first kappa shape index (κ1) is 17.2. The Kier molecular flexibility index (Phi) is 5.23. The van der Waals surface area contributed by atoms with E-state index in [-0.39, 0.29) is 30.8 Å². The Morgan fingerprint density at radius 1 is 1.26 bits per heavy atom. The summed E-state index contributed by atoms with van der Waals surface area (Å²) in [4.78, 5) is 48.9. The van der Waals surface area contributed by atoms with Gasteiger partial charge in [-0.2, -0.15) is 0 Å². The van der Waals surface area contributed by atoms with Crippen LogP contribution in [0.4, 0.5) is 4.79 Å². The highest BCUT2D eigenvalue weighted by Gasteiger charge is 2.55. The van der Waals surface area contributed by atoms with Gasteiger partial charge < -0.3 is 16.0 Å². The van der Waals surface area contributed by atoms with Gasteiger partial charge in [0.15, 0.2) is 0 Å². The molecule has 2 fully saturated rings. The lowest BCUT2D eigenvalue weighted by Crippen LogP contribution is -2.54. The van der Waals surface area contributed by atoms with Crippen LogP contribution in [0.3, 0.4) is 0 Å². The van der Waals surface area contributed by atoms with Crippen molar-refractivity contribution in [2.24, 2.45) is 5.92 Å². The second kappa shape index (κ2) is 6.97. The molecule has 2 aliphatic rings. The summed E-state index contributed by atoms with van der Waals surface area (Å²) in [6.07, 6.45) is 3.41. The van der Waals surface area contributed by atoms with Crippen molar-refractivity contribution in [2.75, 3.05) is 19.6 Å². The smallest absolute Gasteiger partial charge is 0.325 e. The molecule has 1 aliphatic carbocycles. The monoisotopic (exact) mass is 324 g/mol. The summed E-state index contributed by atoms with van der Waals surface area (Å²) in [5.74, 6) is -1.12. The van der Waals surface area contributed by atoms with Crippen LogP contribution in [0.2, 0.25) is 0 Å². The fourth-order valence-electron chi connectivity index (χ4n) is 3.28. The zero-order valence-corrected chi connectivity index (χ0v) is 13.6. The zero-order valence-electron chi connectivity index (χ0n) is 13.6. The molecule has 23 heavy (non-hydrogen) atoms. The zero-order chi connectivity index (χ0) is 17.0. The van der Waals surface area contributed by atoms with Crippen LogP contribution in [0.1, 0.15) is 39.5 Å². The molecule has 8 heteroatoms. The molecule has 0 aromatic rings. The Balaban J connectivity index is 1.95. The predicted octanol–water partition coefficient (Wildman–Crippen LogP) is -0.261. The van der Waals surface area contributed by atoms with E-state index in [0.29, 0.717) is 13.0 Å². The minimum Gasteiger partial charge on any atom is -0.355 e. The van der Waals surface area contributed by atoms with Gasteiger partial charge in [-0.15, -0.1) is 0 Å². The molecule has 128 valence electrons. The second-order valence-electron chi connectivity index (χ2n) is 6.17. The summed E-state index contributed by atoms with van der Waals surface area (Å²) in [5.41, 5.74) is -0.866. The van der Waals surface area contributed by atoms with Gasteiger partial charge >= 0.3 is 6.03 Å². The lowest BCUT2D eigenvalue weighted by molar-refractivity contribution is -0.137. The molecule has 0 aromatic carbocycles. The Morgan fingerprint density at radius 3 is 2.65 bits per heavy atom. The van der Waals surface area contributed by atoms with Gasteiger partial charge in [0.05, 0.1) is 6.54 Å². The molecule has 0 radical (unpaired) electrons. The van der Waals surface area contributed by atoms with E-state index < -0.39 is 17.5 Å². The number of amides is 5. The molecule has 1 heterocycles. The normalized spacial score (nSPS) is 27.0. The molecule has 0 aromatic heterocycles. The van der Waals surface area contributed by atoms with Crippen LogP contribution in [0.15, 0.2) is 0 Å². The molecule has 0 bridgehead atoms. The summed E-state index contributed by atoms with van der Waals surface area (Å²) in [6.45, 7) is 3.67. The third kappa shape index (κ3) is 3.46. The predicted molar refractivity (Wildman–Crippen MR) is 82.3 cm³/mol. The van der Waals surface area contributed by atoms with Crippen molar-refractivity contribution < 1.29 is 19.2 Å². The van der Waals surface area contributed by atoms with Gasteiger partial charge in [0.1, 0.15) is 12.1 Å². The number of nitrogens with zero attached hydrogens (tertiary/aromatic N) is 1. The number of likely N-dealkylation sites (N-methyl/N-ethyl adjacent to an activating group) is 1. The van der Waals surface area contributed by atoms with Gasteiger partial charge in [0.25, 0.3) is 5.91 Å². The van der Waals surface area contributed by atoms with E-state index in [0.717, 1.165) is 24.2 Å². The van der Waals surface area contributed by atoms with Crippen molar-refractivity contribution in [1.82, 2.24) is 20.9 Å². The highest BCUT2D eigenvalue weighted by Crippen LogP contribution is 2.37. The van der Waals surface area contributed by atoms with E-state index in [1.807, 2.05) is 6.92 Å². The highest BCUT2D eigenvalue weighted by molar-refractivity contribution is 6.09. The average molecular weight is 324 g/mol. The van der Waals surface area contributed by atoms with Crippen LogP contribution >= 0.6 is 0 Å². The Hall–Kier alpha value is -2.12. The van der Waals surface area contributed by atoms with Gasteiger partial charge in [-0.05, 0) is 25.7 Å². The number of carbonyl (C=O) groups is 4. The van der Waals surface area contributed by atoms with Crippen LogP contribution in [0.5, 0.6) is 0 Å². The van der Waals surface area contributed by atoms with E-state index in [1.54, 1.807) is 6.92 Å². The minimum absolute atomic E-state index is 0.0519. The van der Waals surface area contributed by atoms with Gasteiger partial charge in [-0.25, -0.2) is 4.79 Å². The standard InChI is InChI=1S/C15H24N4O4/c1-3-16-11(20)8-17-12(21)9-19-13(22)15(18-14(19)23)7-5-4-6-10(15)2/h10H,3-9H2,1-2H3,(H,16,20)(H,17,21)(H,18,23)/t10-,15-/m1/s1. The quantitative estimate of drug-likeness (QED) is 0.606. The van der Waals surface area contributed by atoms with E-state index in [4.69, 9.17) is 0 Å². The van der Waals surface area contributed by atoms with Gasteiger partial charge in [0.2, 0.25) is 11.8 Å². The summed E-state index contributed by atoms with van der Waals surface area (Å²) in [7, 11) is 0. The molecule has 1 saturated carbocycles. The Labute approximate surface area is 135 Å². The number of hydrogen-bond acceptors (Lipinski definition) is 4. The molecule has 1 spiro atoms. The van der Waals surface area contributed by atoms with Crippen molar-refractivity contribution in [1.29, 1.82) is 0 Å². The van der Waals surface area contributed by atoms with Crippen molar-refractivity contribution in [2.45, 2.75) is 45.1 Å². The SMILES string of the molecule is CCNC(=O)CNC(=O)CN1C(=O)N[C@@]2(CCCC[C@H]2C)C1=O. The van der Waals surface area contributed by atoms with Crippen LogP contribution in [-0.2, 0) is 14.4 Å². The number of carbonyl (C=O) groups excluding carboxylic acids is 4. The maximum Gasteiger partial charge on any atom is 0.325 e. The Morgan fingerprint density at radius 2 is 2.00 bits per heavy atom. The first-order valence-electron chi connectivity index (χ1n) is 8.08. The Bertz CT molecular complexity index is 522. The molecule has 5 amide bonds. The fraction of sp³-hybridized carbons (Fsp3) is 0.733. The molecule has 1 aliphatic heterocycles. The van der Waals surface area contributed by atoms with Gasteiger partial charge in [-0.1, -0.05) is 19.8 Å².